The zero-order valence-electron chi connectivity index (χ0n) is 16.5. The van der Waals surface area contributed by atoms with Crippen molar-refractivity contribution in [2.75, 3.05) is 13.2 Å². The summed E-state index contributed by atoms with van der Waals surface area (Å²) in [5.74, 6) is 0. The van der Waals surface area contributed by atoms with Gasteiger partial charge in [-0.3, -0.25) is 9.96 Å². The number of hydrogen-bond acceptors (Lipinski definition) is 4. The van der Waals surface area contributed by atoms with Gasteiger partial charge in [-0.1, -0.05) is 53.4 Å². The molecule has 0 aliphatic rings. The molecule has 0 amide bonds. The van der Waals surface area contributed by atoms with Crippen molar-refractivity contribution in [2.45, 2.75) is 105 Å². The second-order valence-corrected chi connectivity index (χ2v) is 8.71. The van der Waals surface area contributed by atoms with Crippen LogP contribution in [0.15, 0.2) is 0 Å². The van der Waals surface area contributed by atoms with Gasteiger partial charge in [-0.05, 0) is 39.5 Å². The van der Waals surface area contributed by atoms with Crippen LogP contribution in [0.2, 0.25) is 0 Å². The fraction of sp³-hybridized carbons (Fsp3) is 1.00. The second-order valence-electron chi connectivity index (χ2n) is 6.32. The monoisotopic (exact) mass is 346 g/mol. The lowest BCUT2D eigenvalue weighted by molar-refractivity contribution is 0.146. The molecule has 0 rings (SSSR count). The Bertz CT molecular complexity index is 229. The van der Waals surface area contributed by atoms with Crippen molar-refractivity contribution in [3.8, 4) is 0 Å². The Labute approximate surface area is 146 Å². The quantitative estimate of drug-likeness (QED) is 0.400. The van der Waals surface area contributed by atoms with Crippen molar-refractivity contribution < 1.29 is 8.85 Å². The van der Waals surface area contributed by atoms with Crippen molar-refractivity contribution in [2.24, 2.45) is 0 Å². The molecule has 0 bridgehead atoms. The van der Waals surface area contributed by atoms with Crippen molar-refractivity contribution >= 4 is 8.88 Å². The summed E-state index contributed by atoms with van der Waals surface area (Å²) >= 11 is 0. The molecular weight excluding hydrogens is 304 g/mol. The third-order valence-corrected chi connectivity index (χ3v) is 7.00. The summed E-state index contributed by atoms with van der Waals surface area (Å²) in [6.07, 6.45) is 9.46. The second kappa shape index (κ2) is 14.4. The minimum atomic E-state index is -2.57. The van der Waals surface area contributed by atoms with Crippen molar-refractivity contribution in [3.05, 3.63) is 0 Å². The molecule has 0 aliphatic carbocycles. The largest absolute Gasteiger partial charge is 0.517 e. The summed E-state index contributed by atoms with van der Waals surface area (Å²) in [6.45, 7) is 14.5. The maximum Gasteiger partial charge on any atom is 0.517 e. The summed E-state index contributed by atoms with van der Waals surface area (Å²) in [5, 5.41) is 0. The molecule has 0 aromatic carbocycles. The maximum atomic E-state index is 6.21. The molecule has 0 saturated heterocycles. The van der Waals surface area contributed by atoms with Crippen LogP contribution in [0.3, 0.4) is 0 Å². The molecule has 0 fully saturated rings. The molecule has 140 valence electrons. The Hall–Kier alpha value is 0.0569. The van der Waals surface area contributed by atoms with Crippen LogP contribution in [-0.4, -0.2) is 34.2 Å². The Morgan fingerprint density at radius 1 is 0.609 bits per heavy atom. The third-order valence-electron chi connectivity index (χ3n) is 4.03. The van der Waals surface area contributed by atoms with Gasteiger partial charge in [0.2, 0.25) is 0 Å². The lowest BCUT2D eigenvalue weighted by Crippen LogP contribution is -2.71. The van der Waals surface area contributed by atoms with E-state index in [1.165, 1.54) is 51.4 Å². The minimum absolute atomic E-state index is 0.478. The molecule has 2 N–H and O–H groups in total. The van der Waals surface area contributed by atoms with Crippen molar-refractivity contribution in [3.63, 3.8) is 0 Å². The first kappa shape index (κ1) is 23.1. The van der Waals surface area contributed by atoms with Gasteiger partial charge in [0.15, 0.2) is 0 Å². The van der Waals surface area contributed by atoms with Gasteiger partial charge in [0.05, 0.1) is 0 Å². The zero-order valence-corrected chi connectivity index (χ0v) is 17.5. The number of hydrogen-bond donors (Lipinski definition) is 2. The molecule has 0 spiro atoms. The standard InChI is InChI=1S/C18H42N2O2Si/c1-7-13-17(14-8-2)19-23(21-11-5,22-12-6)20-18(15-9-3)16-10-4/h17-20H,7-16H2,1-6H3. The lowest BCUT2D eigenvalue weighted by Gasteiger charge is -2.37. The Balaban J connectivity index is 5.15. The molecule has 0 aliphatic heterocycles. The van der Waals surface area contributed by atoms with E-state index >= 15 is 0 Å². The molecule has 0 saturated carbocycles. The van der Waals surface area contributed by atoms with E-state index in [0.717, 1.165) is 0 Å². The topological polar surface area (TPSA) is 42.5 Å². The van der Waals surface area contributed by atoms with E-state index in [9.17, 15) is 0 Å². The lowest BCUT2D eigenvalue weighted by atomic mass is 10.1. The van der Waals surface area contributed by atoms with Gasteiger partial charge in [-0.2, -0.15) is 0 Å². The molecule has 0 heterocycles. The Kier molecular flexibility index (Phi) is 14.4. The maximum absolute atomic E-state index is 6.21. The summed E-state index contributed by atoms with van der Waals surface area (Å²) < 4.78 is 12.4. The highest BCUT2D eigenvalue weighted by atomic mass is 28.4. The van der Waals surface area contributed by atoms with Crippen LogP contribution >= 0.6 is 0 Å². The fourth-order valence-electron chi connectivity index (χ4n) is 3.17. The van der Waals surface area contributed by atoms with Crippen LogP contribution in [0.5, 0.6) is 0 Å². The van der Waals surface area contributed by atoms with Gasteiger partial charge in [0.25, 0.3) is 0 Å². The minimum Gasteiger partial charge on any atom is -0.371 e. The summed E-state index contributed by atoms with van der Waals surface area (Å²) in [6, 6.07) is 0.956. The highest BCUT2D eigenvalue weighted by molar-refractivity contribution is 6.62. The van der Waals surface area contributed by atoms with Gasteiger partial charge < -0.3 is 8.85 Å². The van der Waals surface area contributed by atoms with Crippen LogP contribution in [0, 0.1) is 0 Å². The van der Waals surface area contributed by atoms with E-state index in [2.05, 4.69) is 51.5 Å². The normalized spacial score (nSPS) is 12.5. The Morgan fingerprint density at radius 2 is 0.913 bits per heavy atom. The van der Waals surface area contributed by atoms with Crippen molar-refractivity contribution in [1.29, 1.82) is 0 Å². The molecular formula is C18H42N2O2Si. The predicted octanol–water partition coefficient (Wildman–Crippen LogP) is 4.61. The number of rotatable bonds is 16. The molecule has 4 nitrogen and oxygen atoms in total. The van der Waals surface area contributed by atoms with E-state index in [1.54, 1.807) is 0 Å². The fourth-order valence-corrected chi connectivity index (χ4v) is 6.13. The predicted molar refractivity (Wildman–Crippen MR) is 102 cm³/mol. The van der Waals surface area contributed by atoms with E-state index in [1.807, 2.05) is 0 Å². The van der Waals surface area contributed by atoms with Gasteiger partial charge in [-0.25, -0.2) is 0 Å². The highest BCUT2D eigenvalue weighted by Crippen LogP contribution is 2.14. The van der Waals surface area contributed by atoms with Gasteiger partial charge >= 0.3 is 8.88 Å². The van der Waals surface area contributed by atoms with Crippen LogP contribution < -0.4 is 9.96 Å². The van der Waals surface area contributed by atoms with Crippen LogP contribution in [0.1, 0.15) is 92.9 Å². The van der Waals surface area contributed by atoms with E-state index in [4.69, 9.17) is 8.85 Å². The molecule has 0 radical (unpaired) electrons. The SMILES string of the molecule is CCCC(CCC)N[Si](NC(CCC)CCC)(OCC)OCC. The molecule has 23 heavy (non-hydrogen) atoms. The third kappa shape index (κ3) is 9.82. The first-order valence-electron chi connectivity index (χ1n) is 9.94. The first-order chi connectivity index (χ1) is 11.1. The Morgan fingerprint density at radius 3 is 1.13 bits per heavy atom. The molecule has 0 aromatic rings. The molecule has 0 aromatic heterocycles. The van der Waals surface area contributed by atoms with Crippen LogP contribution in [0.25, 0.3) is 0 Å². The number of nitrogens with one attached hydrogen (secondary N) is 2. The highest BCUT2D eigenvalue weighted by Gasteiger charge is 2.42. The molecule has 0 atom stereocenters. The average molecular weight is 347 g/mol. The van der Waals surface area contributed by atoms with E-state index in [-0.39, 0.29) is 0 Å². The molecule has 0 unspecified atom stereocenters. The van der Waals surface area contributed by atoms with Gasteiger partial charge in [0, 0.05) is 25.3 Å². The zero-order chi connectivity index (χ0) is 17.6. The van der Waals surface area contributed by atoms with Gasteiger partial charge in [0.1, 0.15) is 0 Å². The summed E-state index contributed by atoms with van der Waals surface area (Å²) in [5.41, 5.74) is 0. The first-order valence-corrected chi connectivity index (χ1v) is 11.8. The average Bonchev–Trinajstić information content (AvgIpc) is 2.49. The molecule has 5 heteroatoms. The van der Waals surface area contributed by atoms with Crippen molar-refractivity contribution in [1.82, 2.24) is 9.96 Å². The van der Waals surface area contributed by atoms with E-state index in [0.29, 0.717) is 25.3 Å². The van der Waals surface area contributed by atoms with Crippen LogP contribution in [-0.2, 0) is 8.85 Å². The summed E-state index contributed by atoms with van der Waals surface area (Å²) in [4.78, 5) is 7.60. The summed E-state index contributed by atoms with van der Waals surface area (Å²) in [7, 11) is -2.57. The van der Waals surface area contributed by atoms with Gasteiger partial charge in [-0.15, -0.1) is 0 Å². The smallest absolute Gasteiger partial charge is 0.371 e. The van der Waals surface area contributed by atoms with E-state index < -0.39 is 8.88 Å². The van der Waals surface area contributed by atoms with Crippen LogP contribution in [0.4, 0.5) is 0 Å².